The number of benzene rings is 1. The zero-order valence-corrected chi connectivity index (χ0v) is 14.5. The molecule has 6 nitrogen and oxygen atoms in total. The molecule has 2 unspecified atom stereocenters. The van der Waals surface area contributed by atoms with Crippen LogP contribution in [-0.4, -0.2) is 40.1 Å². The highest BCUT2D eigenvalue weighted by molar-refractivity contribution is 5.36. The first-order valence-electron chi connectivity index (χ1n) is 8.95. The topological polar surface area (TPSA) is 90.2 Å². The number of likely N-dealkylation sites (tertiary alicyclic amines) is 1. The number of fused-ring (bicyclic) bond motifs is 1. The van der Waals surface area contributed by atoms with Crippen LogP contribution in [0.1, 0.15) is 12.5 Å². The van der Waals surface area contributed by atoms with Crippen molar-refractivity contribution in [1.29, 1.82) is 0 Å². The monoisotopic (exact) mass is 339 g/mol. The summed E-state index contributed by atoms with van der Waals surface area (Å²) in [5.74, 6) is 2.65. The second-order valence-electron chi connectivity index (χ2n) is 7.45. The Labute approximate surface area is 147 Å². The lowest BCUT2D eigenvalue weighted by molar-refractivity contribution is 0.281. The summed E-state index contributed by atoms with van der Waals surface area (Å²) in [4.78, 5) is 18.2. The van der Waals surface area contributed by atoms with E-state index in [-0.39, 0.29) is 11.5 Å². The lowest BCUT2D eigenvalue weighted by atomic mass is 10.1. The van der Waals surface area contributed by atoms with E-state index < -0.39 is 0 Å². The van der Waals surface area contributed by atoms with Crippen LogP contribution in [-0.2, 0) is 6.42 Å². The first-order chi connectivity index (χ1) is 12.0. The Bertz CT molecular complexity index is 801. The molecule has 1 saturated heterocycles. The fraction of sp³-hybridized carbons (Fsp3) is 0.474. The van der Waals surface area contributed by atoms with E-state index >= 15 is 0 Å². The highest BCUT2D eigenvalue weighted by Gasteiger charge is 2.56. The van der Waals surface area contributed by atoms with Gasteiger partial charge < -0.3 is 16.4 Å². The van der Waals surface area contributed by atoms with Crippen LogP contribution in [0.4, 0.5) is 5.82 Å². The van der Waals surface area contributed by atoms with E-state index in [0.717, 1.165) is 36.4 Å². The van der Waals surface area contributed by atoms with Crippen LogP contribution in [0.3, 0.4) is 0 Å². The quantitative estimate of drug-likeness (QED) is 0.844. The van der Waals surface area contributed by atoms with Gasteiger partial charge in [-0.3, -0.25) is 4.57 Å². The van der Waals surface area contributed by atoms with Crippen LogP contribution in [0.15, 0.2) is 41.3 Å². The summed E-state index contributed by atoms with van der Waals surface area (Å²) in [5, 5.41) is 0. The van der Waals surface area contributed by atoms with E-state index in [4.69, 9.17) is 11.5 Å². The van der Waals surface area contributed by atoms with Gasteiger partial charge in [0.15, 0.2) is 0 Å². The predicted molar refractivity (Wildman–Crippen MR) is 98.5 cm³/mol. The predicted octanol–water partition coefficient (Wildman–Crippen LogP) is 0.882. The zero-order valence-electron chi connectivity index (χ0n) is 14.5. The van der Waals surface area contributed by atoms with Crippen molar-refractivity contribution in [2.75, 3.05) is 25.4 Å². The summed E-state index contributed by atoms with van der Waals surface area (Å²) >= 11 is 0. The fourth-order valence-electron chi connectivity index (χ4n) is 4.35. The van der Waals surface area contributed by atoms with E-state index in [1.54, 1.807) is 12.3 Å². The summed E-state index contributed by atoms with van der Waals surface area (Å²) < 4.78 is 1.50. The third-order valence-corrected chi connectivity index (χ3v) is 5.70. The summed E-state index contributed by atoms with van der Waals surface area (Å²) in [6.45, 7) is 5.61. The summed E-state index contributed by atoms with van der Waals surface area (Å²) in [7, 11) is 0. The van der Waals surface area contributed by atoms with E-state index in [2.05, 4.69) is 28.9 Å². The summed E-state index contributed by atoms with van der Waals surface area (Å²) in [5.41, 5.74) is 13.3. The average Bonchev–Trinajstić information content (AvgIpc) is 3.10. The normalized spacial score (nSPS) is 26.4. The first-order valence-corrected chi connectivity index (χ1v) is 8.95. The van der Waals surface area contributed by atoms with Gasteiger partial charge in [-0.1, -0.05) is 12.1 Å². The Balaban J connectivity index is 1.34. The van der Waals surface area contributed by atoms with Crippen molar-refractivity contribution in [2.24, 2.45) is 23.5 Å². The number of nitrogens with two attached hydrogens (primary N) is 2. The maximum absolute atomic E-state index is 11.9. The number of anilines is 1. The molecule has 1 aliphatic carbocycles. The number of hydrogen-bond donors (Lipinski definition) is 2. The van der Waals surface area contributed by atoms with Crippen LogP contribution in [0.25, 0.3) is 5.69 Å². The molecule has 1 aromatic heterocycles. The van der Waals surface area contributed by atoms with Gasteiger partial charge in [0, 0.05) is 31.9 Å². The minimum absolute atomic E-state index is 0.243. The maximum atomic E-state index is 11.9. The number of aromatic nitrogens is 2. The van der Waals surface area contributed by atoms with Crippen LogP contribution in [0, 0.1) is 17.8 Å². The minimum atomic E-state index is -0.354. The number of piperidine rings is 1. The molecule has 4 atom stereocenters. The van der Waals surface area contributed by atoms with Gasteiger partial charge in [0.25, 0.3) is 0 Å². The standard InChI is InChI=1S/C19H25N5O/c1-12(20)18-15-10-23(11-16(15)18)8-6-13-2-4-14(5-3-13)24-9-7-17(21)22-19(24)25/h2-5,7,9,12,15-16,18H,6,8,10-11,20H2,1H3,(H2,21,22,25)/t12?,15-,16+,18?. The second kappa shape index (κ2) is 6.28. The molecule has 2 aliphatic rings. The third-order valence-electron chi connectivity index (χ3n) is 5.70. The molecule has 2 fully saturated rings. The van der Waals surface area contributed by atoms with Crippen LogP contribution in [0.2, 0.25) is 0 Å². The van der Waals surface area contributed by atoms with E-state index in [1.807, 2.05) is 12.1 Å². The summed E-state index contributed by atoms with van der Waals surface area (Å²) in [6, 6.07) is 10.1. The Kier molecular flexibility index (Phi) is 4.09. The molecule has 4 N–H and O–H groups in total. The number of nitrogen functional groups attached to an aromatic ring is 1. The molecule has 0 amide bonds. The smallest absolute Gasteiger partial charge is 0.354 e. The Morgan fingerprint density at radius 2 is 1.88 bits per heavy atom. The van der Waals surface area contributed by atoms with Gasteiger partial charge in [0.05, 0.1) is 5.69 Å². The van der Waals surface area contributed by atoms with Crippen molar-refractivity contribution in [3.8, 4) is 5.69 Å². The molecule has 0 radical (unpaired) electrons. The van der Waals surface area contributed by atoms with Gasteiger partial charge in [0.2, 0.25) is 0 Å². The number of hydrogen-bond acceptors (Lipinski definition) is 5. The molecule has 2 heterocycles. The lowest BCUT2D eigenvalue weighted by Gasteiger charge is -2.20. The van der Waals surface area contributed by atoms with Gasteiger partial charge >= 0.3 is 5.69 Å². The number of rotatable bonds is 5. The first kappa shape index (κ1) is 16.3. The molecule has 25 heavy (non-hydrogen) atoms. The zero-order chi connectivity index (χ0) is 17.6. The van der Waals surface area contributed by atoms with Gasteiger partial charge in [-0.05, 0) is 54.9 Å². The second-order valence-corrected chi connectivity index (χ2v) is 7.45. The van der Waals surface area contributed by atoms with Gasteiger partial charge in [-0.15, -0.1) is 0 Å². The summed E-state index contributed by atoms with van der Waals surface area (Å²) in [6.07, 6.45) is 2.68. The molecule has 1 aliphatic heterocycles. The van der Waals surface area contributed by atoms with Crippen molar-refractivity contribution in [3.63, 3.8) is 0 Å². The molecule has 6 heteroatoms. The molecule has 0 bridgehead atoms. The van der Waals surface area contributed by atoms with Crippen molar-refractivity contribution in [3.05, 3.63) is 52.6 Å². The maximum Gasteiger partial charge on any atom is 0.354 e. The molecule has 1 saturated carbocycles. The molecule has 132 valence electrons. The van der Waals surface area contributed by atoms with Crippen LogP contribution < -0.4 is 17.2 Å². The Morgan fingerprint density at radius 3 is 2.48 bits per heavy atom. The fourth-order valence-corrected chi connectivity index (χ4v) is 4.35. The van der Waals surface area contributed by atoms with Crippen molar-refractivity contribution in [2.45, 2.75) is 19.4 Å². The van der Waals surface area contributed by atoms with Crippen molar-refractivity contribution < 1.29 is 0 Å². The van der Waals surface area contributed by atoms with E-state index in [0.29, 0.717) is 6.04 Å². The molecule has 4 rings (SSSR count). The molecular weight excluding hydrogens is 314 g/mol. The van der Waals surface area contributed by atoms with E-state index in [9.17, 15) is 4.79 Å². The van der Waals surface area contributed by atoms with Gasteiger partial charge in [-0.2, -0.15) is 4.98 Å². The van der Waals surface area contributed by atoms with Crippen LogP contribution >= 0.6 is 0 Å². The molecule has 2 aromatic rings. The Morgan fingerprint density at radius 1 is 1.20 bits per heavy atom. The average molecular weight is 339 g/mol. The highest BCUT2D eigenvalue weighted by atomic mass is 16.1. The van der Waals surface area contributed by atoms with E-state index in [1.165, 1.54) is 23.2 Å². The SMILES string of the molecule is CC(N)C1[C@H]2CN(CCc3ccc(-n4ccc(N)nc4=O)cc3)C[C@@H]12. The highest BCUT2D eigenvalue weighted by Crippen LogP contribution is 2.52. The van der Waals surface area contributed by atoms with Crippen LogP contribution in [0.5, 0.6) is 0 Å². The van der Waals surface area contributed by atoms with Gasteiger partial charge in [0.1, 0.15) is 5.82 Å². The lowest BCUT2D eigenvalue weighted by Crippen LogP contribution is -2.31. The van der Waals surface area contributed by atoms with Crippen molar-refractivity contribution in [1.82, 2.24) is 14.5 Å². The molecular formula is C19H25N5O. The number of nitrogens with zero attached hydrogens (tertiary/aromatic N) is 3. The third kappa shape index (κ3) is 3.19. The Hall–Kier alpha value is -2.18. The van der Waals surface area contributed by atoms with Crippen molar-refractivity contribution >= 4 is 5.82 Å². The molecule has 0 spiro atoms. The molecule has 1 aromatic carbocycles. The van der Waals surface area contributed by atoms with Gasteiger partial charge in [-0.25, -0.2) is 4.79 Å². The largest absolute Gasteiger partial charge is 0.383 e. The minimum Gasteiger partial charge on any atom is -0.383 e.